The molecule has 0 radical (unpaired) electrons. The summed E-state index contributed by atoms with van der Waals surface area (Å²) in [6.07, 6.45) is -1.64. The number of nitrogens with one attached hydrogen (secondary N) is 1. The van der Waals surface area contributed by atoms with Crippen LogP contribution in [0.25, 0.3) is 0 Å². The quantitative estimate of drug-likeness (QED) is 0.156. The molecule has 2 amide bonds. The summed E-state index contributed by atoms with van der Waals surface area (Å²) in [5, 5.41) is 1.84. The second kappa shape index (κ2) is 8.49. The smallest absolute Gasteiger partial charge is 0.344 e. The van der Waals surface area contributed by atoms with E-state index < -0.39 is 36.7 Å². The summed E-state index contributed by atoms with van der Waals surface area (Å²) < 4.78 is 8.95. The molecule has 0 aliphatic carbocycles. The number of nitrogens with two attached hydrogens (primary N) is 3. The standard InChI is InChI=1S/C8H16N4O6/c1-16-8(15)5(17-3-9)7(14)12-6(13)4(10)2-18-11/h4-5H,2-3,9-11H2,1H3,(H,12,13,14). The van der Waals surface area contributed by atoms with Gasteiger partial charge in [0.2, 0.25) is 12.0 Å². The highest BCUT2D eigenvalue weighted by atomic mass is 16.6. The van der Waals surface area contributed by atoms with Crippen molar-refractivity contribution < 1.29 is 28.7 Å². The molecule has 0 heterocycles. The van der Waals surface area contributed by atoms with Crippen molar-refractivity contribution in [1.29, 1.82) is 0 Å². The molecule has 0 aromatic heterocycles. The summed E-state index contributed by atoms with van der Waals surface area (Å²) in [6.45, 7) is -0.695. The number of carbonyl (C=O) groups excluding carboxylic acids is 3. The predicted octanol–water partition coefficient (Wildman–Crippen LogP) is -3.68. The van der Waals surface area contributed by atoms with E-state index in [2.05, 4.69) is 14.3 Å². The van der Waals surface area contributed by atoms with Gasteiger partial charge in [0.1, 0.15) is 6.04 Å². The fourth-order valence-corrected chi connectivity index (χ4v) is 0.913. The van der Waals surface area contributed by atoms with Gasteiger partial charge >= 0.3 is 5.97 Å². The van der Waals surface area contributed by atoms with Crippen molar-refractivity contribution in [2.24, 2.45) is 17.4 Å². The van der Waals surface area contributed by atoms with Gasteiger partial charge in [-0.05, 0) is 0 Å². The van der Waals surface area contributed by atoms with E-state index in [4.69, 9.17) is 17.4 Å². The van der Waals surface area contributed by atoms with E-state index in [-0.39, 0.29) is 6.61 Å². The van der Waals surface area contributed by atoms with Crippen molar-refractivity contribution >= 4 is 17.8 Å². The third kappa shape index (κ3) is 5.16. The lowest BCUT2D eigenvalue weighted by Crippen LogP contribution is -2.51. The zero-order valence-corrected chi connectivity index (χ0v) is 9.75. The van der Waals surface area contributed by atoms with Gasteiger partial charge in [-0.3, -0.25) is 14.9 Å². The highest BCUT2D eigenvalue weighted by Crippen LogP contribution is 1.95. The van der Waals surface area contributed by atoms with Crippen molar-refractivity contribution in [1.82, 2.24) is 5.32 Å². The highest BCUT2D eigenvalue weighted by molar-refractivity contribution is 6.08. The molecule has 0 aromatic carbocycles. The lowest BCUT2D eigenvalue weighted by atomic mass is 10.3. The topological polar surface area (TPSA) is 169 Å². The average Bonchev–Trinajstić information content (AvgIpc) is 2.34. The molecule has 0 spiro atoms. The van der Waals surface area contributed by atoms with Crippen LogP contribution in [0.1, 0.15) is 0 Å². The first kappa shape index (κ1) is 16.4. The summed E-state index contributed by atoms with van der Waals surface area (Å²) in [6, 6.07) is -1.16. The maximum Gasteiger partial charge on any atom is 0.344 e. The molecule has 18 heavy (non-hydrogen) atoms. The Morgan fingerprint density at radius 2 is 1.89 bits per heavy atom. The number of hydrogen-bond acceptors (Lipinski definition) is 9. The average molecular weight is 264 g/mol. The fourth-order valence-electron chi connectivity index (χ4n) is 0.913. The Bertz CT molecular complexity index is 310. The molecule has 0 fully saturated rings. The number of carbonyl (C=O) groups is 3. The number of imide groups is 1. The second-order valence-corrected chi connectivity index (χ2v) is 3.03. The first-order valence-electron chi connectivity index (χ1n) is 4.79. The molecule has 7 N–H and O–H groups in total. The molecule has 2 unspecified atom stereocenters. The SMILES string of the molecule is COC(=O)C(OCN)C(=O)NC(=O)C(N)CON. The van der Waals surface area contributed by atoms with E-state index in [1.165, 1.54) is 0 Å². The lowest BCUT2D eigenvalue weighted by molar-refractivity contribution is -0.160. The van der Waals surface area contributed by atoms with Gasteiger partial charge < -0.3 is 25.8 Å². The fraction of sp³-hybridized carbons (Fsp3) is 0.625. The molecule has 10 heteroatoms. The number of ether oxygens (including phenoxy) is 2. The van der Waals surface area contributed by atoms with E-state index in [1.807, 2.05) is 5.32 Å². The Morgan fingerprint density at radius 3 is 2.33 bits per heavy atom. The van der Waals surface area contributed by atoms with Gasteiger partial charge in [0.05, 0.1) is 20.4 Å². The molecule has 104 valence electrons. The number of esters is 1. The van der Waals surface area contributed by atoms with Gasteiger partial charge in [0, 0.05) is 0 Å². The minimum atomic E-state index is -1.64. The summed E-state index contributed by atoms with van der Waals surface area (Å²) >= 11 is 0. The van der Waals surface area contributed by atoms with Crippen LogP contribution >= 0.6 is 0 Å². The highest BCUT2D eigenvalue weighted by Gasteiger charge is 2.30. The Morgan fingerprint density at radius 1 is 1.28 bits per heavy atom. The predicted molar refractivity (Wildman–Crippen MR) is 57.2 cm³/mol. The van der Waals surface area contributed by atoms with Crippen LogP contribution in [0.5, 0.6) is 0 Å². The largest absolute Gasteiger partial charge is 0.467 e. The molecule has 0 bridgehead atoms. The normalized spacial score (nSPS) is 13.6. The molecule has 0 aromatic rings. The van der Waals surface area contributed by atoms with Crippen LogP contribution in [-0.2, 0) is 28.7 Å². The Balaban J connectivity index is 4.50. The summed E-state index contributed by atoms with van der Waals surface area (Å²) in [4.78, 5) is 38.2. The molecular formula is C8H16N4O6. The Kier molecular flexibility index (Phi) is 7.74. The number of hydrogen-bond donors (Lipinski definition) is 4. The maximum absolute atomic E-state index is 11.5. The van der Waals surface area contributed by atoms with Gasteiger partial charge in [-0.15, -0.1) is 0 Å². The van der Waals surface area contributed by atoms with Crippen LogP contribution < -0.4 is 22.7 Å². The van der Waals surface area contributed by atoms with Crippen LogP contribution in [0.15, 0.2) is 0 Å². The maximum atomic E-state index is 11.5. The van der Waals surface area contributed by atoms with Crippen LogP contribution in [0.2, 0.25) is 0 Å². The molecule has 0 saturated heterocycles. The van der Waals surface area contributed by atoms with Crippen LogP contribution in [-0.4, -0.2) is 50.4 Å². The summed E-state index contributed by atoms with van der Waals surface area (Å²) in [5.41, 5.74) is 10.3. The van der Waals surface area contributed by atoms with Crippen molar-refractivity contribution in [3.05, 3.63) is 0 Å². The van der Waals surface area contributed by atoms with Crippen LogP contribution in [0.4, 0.5) is 0 Å². The van der Waals surface area contributed by atoms with Crippen molar-refractivity contribution in [3.63, 3.8) is 0 Å². The van der Waals surface area contributed by atoms with Crippen LogP contribution in [0, 0.1) is 0 Å². The van der Waals surface area contributed by atoms with Crippen molar-refractivity contribution in [3.8, 4) is 0 Å². The van der Waals surface area contributed by atoms with E-state index in [0.717, 1.165) is 7.11 Å². The van der Waals surface area contributed by atoms with Gasteiger partial charge in [-0.2, -0.15) is 0 Å². The van der Waals surface area contributed by atoms with E-state index in [0.29, 0.717) is 0 Å². The Labute approximate surface area is 103 Å². The number of rotatable bonds is 7. The molecule has 0 aliphatic rings. The van der Waals surface area contributed by atoms with Gasteiger partial charge in [-0.25, -0.2) is 10.7 Å². The zero-order chi connectivity index (χ0) is 14.1. The summed E-state index contributed by atoms with van der Waals surface area (Å²) in [7, 11) is 1.05. The van der Waals surface area contributed by atoms with Crippen molar-refractivity contribution in [2.45, 2.75) is 12.1 Å². The molecule has 2 atom stereocenters. The van der Waals surface area contributed by atoms with Gasteiger partial charge in [-0.1, -0.05) is 0 Å². The Hall–Kier alpha value is -1.59. The monoisotopic (exact) mass is 264 g/mol. The molecule has 0 aliphatic heterocycles. The number of methoxy groups -OCH3 is 1. The van der Waals surface area contributed by atoms with Crippen molar-refractivity contribution in [2.75, 3.05) is 20.4 Å². The third-order valence-corrected chi connectivity index (χ3v) is 1.78. The van der Waals surface area contributed by atoms with Gasteiger partial charge in [0.25, 0.3) is 5.91 Å². The zero-order valence-electron chi connectivity index (χ0n) is 9.75. The molecule has 10 nitrogen and oxygen atoms in total. The number of amides is 2. The first-order chi connectivity index (χ1) is 8.47. The molecule has 0 rings (SSSR count). The first-order valence-corrected chi connectivity index (χ1v) is 4.79. The summed E-state index contributed by atoms with van der Waals surface area (Å²) in [5.74, 6) is 1.81. The lowest BCUT2D eigenvalue weighted by Gasteiger charge is -2.15. The van der Waals surface area contributed by atoms with E-state index >= 15 is 0 Å². The van der Waals surface area contributed by atoms with E-state index in [1.54, 1.807) is 0 Å². The van der Waals surface area contributed by atoms with E-state index in [9.17, 15) is 14.4 Å². The molecule has 0 saturated carbocycles. The minimum absolute atomic E-state index is 0.292. The third-order valence-electron chi connectivity index (χ3n) is 1.78. The van der Waals surface area contributed by atoms with Gasteiger partial charge in [0.15, 0.2) is 0 Å². The second-order valence-electron chi connectivity index (χ2n) is 3.03. The molecular weight excluding hydrogens is 248 g/mol. The minimum Gasteiger partial charge on any atom is -0.467 e. The van der Waals surface area contributed by atoms with Crippen LogP contribution in [0.3, 0.4) is 0 Å².